The van der Waals surface area contributed by atoms with Crippen LogP contribution in [0.25, 0.3) is 0 Å². The molecule has 1 N–H and O–H groups in total. The first-order chi connectivity index (χ1) is 11.9. The number of rotatable bonds is 9. The van der Waals surface area contributed by atoms with Crippen LogP contribution < -0.4 is 61.2 Å². The van der Waals surface area contributed by atoms with Crippen molar-refractivity contribution in [2.45, 2.75) is 50.3 Å². The van der Waals surface area contributed by atoms with Crippen molar-refractivity contribution in [3.63, 3.8) is 0 Å². The summed E-state index contributed by atoms with van der Waals surface area (Å²) >= 11 is 0. The Bertz CT molecular complexity index is 805. The first-order valence-electron chi connectivity index (χ1n) is 8.45. The van der Waals surface area contributed by atoms with Gasteiger partial charge in [-0.15, -0.1) is 5.75 Å². The number of aryl methyl sites for hydroxylation is 1. The Morgan fingerprint density at radius 1 is 1.04 bits per heavy atom. The number of hydrogen-bond donors (Lipinski definition) is 1. The van der Waals surface area contributed by atoms with E-state index in [1.165, 1.54) is 37.1 Å². The summed E-state index contributed by atoms with van der Waals surface area (Å²) in [4.78, 5) is -0.226. The molecule has 0 aliphatic carbocycles. The molecule has 0 amide bonds. The van der Waals surface area contributed by atoms with Crippen LogP contribution in [0.4, 0.5) is 0 Å². The van der Waals surface area contributed by atoms with Crippen molar-refractivity contribution >= 4 is 10.1 Å². The summed E-state index contributed by atoms with van der Waals surface area (Å²) in [6.45, 7) is 2.16. The second kappa shape index (κ2) is 11.4. The van der Waals surface area contributed by atoms with Gasteiger partial charge >= 0.3 is 51.4 Å². The van der Waals surface area contributed by atoms with Crippen LogP contribution >= 0.6 is 0 Å². The van der Waals surface area contributed by atoms with E-state index >= 15 is 0 Å². The van der Waals surface area contributed by atoms with Gasteiger partial charge in [-0.3, -0.25) is 4.55 Å². The van der Waals surface area contributed by atoms with Gasteiger partial charge in [0.2, 0.25) is 0 Å². The minimum atomic E-state index is -4.32. The van der Waals surface area contributed by atoms with Crippen molar-refractivity contribution in [1.82, 2.24) is 0 Å². The molecule has 136 valence electrons. The summed E-state index contributed by atoms with van der Waals surface area (Å²) in [5.41, 5.74) is 0.847. The SMILES string of the molecule is CCCCCCCc1ccc(S(=O)(=O)O)cc1Oc1cccc([O-])c1.[K+]. The van der Waals surface area contributed by atoms with Gasteiger partial charge in [0.1, 0.15) is 11.5 Å². The molecule has 0 radical (unpaired) electrons. The Labute approximate surface area is 198 Å². The van der Waals surface area contributed by atoms with Crippen molar-refractivity contribution in [2.24, 2.45) is 0 Å². The predicted octanol–water partition coefficient (Wildman–Crippen LogP) is 1.32. The third-order valence-electron chi connectivity index (χ3n) is 3.92. The molecule has 0 saturated heterocycles. The van der Waals surface area contributed by atoms with Crippen molar-refractivity contribution in [3.8, 4) is 17.2 Å². The molecule has 2 aromatic carbocycles. The van der Waals surface area contributed by atoms with E-state index in [1.54, 1.807) is 18.2 Å². The minimum absolute atomic E-state index is 0. The third-order valence-corrected chi connectivity index (χ3v) is 4.77. The van der Waals surface area contributed by atoms with Gasteiger partial charge in [-0.1, -0.05) is 50.8 Å². The van der Waals surface area contributed by atoms with Gasteiger partial charge < -0.3 is 9.84 Å². The molecular weight excluding hydrogens is 379 g/mol. The maximum Gasteiger partial charge on any atom is 1.00 e. The Kier molecular flexibility index (Phi) is 10.4. The van der Waals surface area contributed by atoms with Gasteiger partial charge in [-0.2, -0.15) is 8.42 Å². The fraction of sp³-hybridized carbons (Fsp3) is 0.368. The Morgan fingerprint density at radius 2 is 1.77 bits per heavy atom. The summed E-state index contributed by atoms with van der Waals surface area (Å²) < 4.78 is 37.8. The number of ether oxygens (including phenoxy) is 1. The predicted molar refractivity (Wildman–Crippen MR) is 94.7 cm³/mol. The fourth-order valence-corrected chi connectivity index (χ4v) is 3.08. The summed E-state index contributed by atoms with van der Waals surface area (Å²) in [5.74, 6) is 0.494. The van der Waals surface area contributed by atoms with Crippen LogP contribution in [-0.4, -0.2) is 13.0 Å². The van der Waals surface area contributed by atoms with Crippen LogP contribution in [0.5, 0.6) is 17.2 Å². The number of unbranched alkanes of at least 4 members (excludes halogenated alkanes) is 4. The standard InChI is InChI=1S/C19H24O5S.K/c1-2-3-4-5-6-8-15-11-12-18(25(21,22)23)14-19(15)24-17-10-7-9-16(20)13-17;/h7,9-14,20H,2-6,8H2,1H3,(H,21,22,23);/q;+1/p-1. The molecule has 0 aromatic heterocycles. The molecule has 0 bridgehead atoms. The zero-order valence-corrected chi connectivity index (χ0v) is 19.2. The van der Waals surface area contributed by atoms with Crippen molar-refractivity contribution < 1.29 is 74.2 Å². The smallest absolute Gasteiger partial charge is 0.872 e. The van der Waals surface area contributed by atoms with Gasteiger partial charge in [0.15, 0.2) is 0 Å². The van der Waals surface area contributed by atoms with Crippen LogP contribution in [-0.2, 0) is 16.5 Å². The maximum absolute atomic E-state index is 11.4. The molecule has 5 nitrogen and oxygen atoms in total. The third kappa shape index (κ3) is 7.68. The van der Waals surface area contributed by atoms with Crippen LogP contribution in [0.15, 0.2) is 47.4 Å². The van der Waals surface area contributed by atoms with Gasteiger partial charge in [0, 0.05) is 6.07 Å². The minimum Gasteiger partial charge on any atom is -0.872 e. The molecule has 0 aliphatic heterocycles. The van der Waals surface area contributed by atoms with Crippen molar-refractivity contribution in [3.05, 3.63) is 48.0 Å². The van der Waals surface area contributed by atoms with E-state index in [1.807, 2.05) is 0 Å². The molecule has 0 aliphatic rings. The van der Waals surface area contributed by atoms with Crippen molar-refractivity contribution in [1.29, 1.82) is 0 Å². The van der Waals surface area contributed by atoms with Gasteiger partial charge in [0.05, 0.1) is 4.90 Å². The largest absolute Gasteiger partial charge is 1.00 e. The van der Waals surface area contributed by atoms with Crippen LogP contribution in [0.2, 0.25) is 0 Å². The van der Waals surface area contributed by atoms with Crippen molar-refractivity contribution in [2.75, 3.05) is 0 Å². The Balaban J connectivity index is 0.00000338. The molecule has 2 aromatic rings. The van der Waals surface area contributed by atoms with E-state index in [9.17, 15) is 18.1 Å². The maximum atomic E-state index is 11.4. The molecule has 7 heteroatoms. The van der Waals surface area contributed by atoms with E-state index in [-0.39, 0.29) is 62.0 Å². The fourth-order valence-electron chi connectivity index (χ4n) is 2.58. The molecule has 0 atom stereocenters. The Hall–Kier alpha value is -0.414. The zero-order chi connectivity index (χ0) is 18.3. The zero-order valence-electron chi connectivity index (χ0n) is 15.3. The van der Waals surface area contributed by atoms with E-state index in [0.29, 0.717) is 11.5 Å². The molecule has 0 fully saturated rings. The Morgan fingerprint density at radius 3 is 2.42 bits per heavy atom. The van der Waals surface area contributed by atoms with Crippen LogP contribution in [0, 0.1) is 0 Å². The van der Waals surface area contributed by atoms with Crippen LogP contribution in [0.1, 0.15) is 44.6 Å². The molecule has 0 unspecified atom stereocenters. The second-order valence-corrected chi connectivity index (χ2v) is 7.41. The van der Waals surface area contributed by atoms with E-state index in [4.69, 9.17) is 4.74 Å². The van der Waals surface area contributed by atoms with E-state index < -0.39 is 10.1 Å². The molecule has 0 saturated carbocycles. The monoisotopic (exact) mass is 402 g/mol. The first kappa shape index (κ1) is 23.6. The number of benzene rings is 2. The number of hydrogen-bond acceptors (Lipinski definition) is 4. The van der Waals surface area contributed by atoms with Crippen LogP contribution in [0.3, 0.4) is 0 Å². The quantitative estimate of drug-likeness (QED) is 0.388. The second-order valence-electron chi connectivity index (χ2n) is 5.99. The average molecular weight is 403 g/mol. The summed E-state index contributed by atoms with van der Waals surface area (Å²) in [6.07, 6.45) is 6.31. The van der Waals surface area contributed by atoms with E-state index in [2.05, 4.69) is 6.92 Å². The molecular formula is C19H23KO5S. The topological polar surface area (TPSA) is 86.7 Å². The average Bonchev–Trinajstić information content (AvgIpc) is 2.55. The summed E-state index contributed by atoms with van der Waals surface area (Å²) in [5, 5.41) is 11.4. The summed E-state index contributed by atoms with van der Waals surface area (Å²) in [6, 6.07) is 10.3. The van der Waals surface area contributed by atoms with Gasteiger partial charge in [0.25, 0.3) is 10.1 Å². The molecule has 0 heterocycles. The van der Waals surface area contributed by atoms with Gasteiger partial charge in [-0.05, 0) is 36.6 Å². The normalized spacial score (nSPS) is 11.0. The molecule has 2 rings (SSSR count). The molecule has 26 heavy (non-hydrogen) atoms. The van der Waals surface area contributed by atoms with Gasteiger partial charge in [-0.25, -0.2) is 0 Å². The molecule has 0 spiro atoms. The first-order valence-corrected chi connectivity index (χ1v) is 9.89. The van der Waals surface area contributed by atoms with E-state index in [0.717, 1.165) is 31.2 Å². The summed E-state index contributed by atoms with van der Waals surface area (Å²) in [7, 11) is -4.32.